The van der Waals surface area contributed by atoms with Crippen molar-refractivity contribution in [2.75, 3.05) is 20.7 Å². The smallest absolute Gasteiger partial charge is 0.338 e. The molecule has 0 radical (unpaired) electrons. The van der Waals surface area contributed by atoms with Gasteiger partial charge in [-0.3, -0.25) is 4.79 Å². The van der Waals surface area contributed by atoms with E-state index >= 15 is 0 Å². The van der Waals surface area contributed by atoms with Crippen molar-refractivity contribution in [1.82, 2.24) is 4.31 Å². The molecule has 0 aliphatic heterocycles. The minimum absolute atomic E-state index is 0.125. The van der Waals surface area contributed by atoms with E-state index in [9.17, 15) is 22.4 Å². The van der Waals surface area contributed by atoms with Crippen LogP contribution in [-0.4, -0.2) is 50.5 Å². The van der Waals surface area contributed by atoms with Crippen molar-refractivity contribution < 1.29 is 32.2 Å². The van der Waals surface area contributed by atoms with Gasteiger partial charge >= 0.3 is 11.9 Å². The highest BCUT2D eigenvalue weighted by molar-refractivity contribution is 7.89. The number of sulfonamides is 1. The number of nitrogens with zero attached hydrogens (tertiary/aromatic N) is 1. The third-order valence-electron chi connectivity index (χ3n) is 2.75. The largest absolute Gasteiger partial charge is 0.478 e. The number of rotatable bonds is 5. The molecule has 9 heteroatoms. The fourth-order valence-electron chi connectivity index (χ4n) is 1.55. The van der Waals surface area contributed by atoms with E-state index in [1.807, 2.05) is 0 Å². The predicted octanol–water partition coefficient (Wildman–Crippen LogP) is 0.626. The number of hydrogen-bond donors (Lipinski definition) is 1. The SMILES string of the molecule is COC(=O)CN(C)S(=O)(=O)c1cc(C)c(F)c(C(=O)O)c1. The summed E-state index contributed by atoms with van der Waals surface area (Å²) < 4.78 is 43.1. The average Bonchev–Trinajstić information content (AvgIpc) is 2.40. The number of carbonyl (C=O) groups excluding carboxylic acids is 1. The Balaban J connectivity index is 3.32. The van der Waals surface area contributed by atoms with Gasteiger partial charge in [0.15, 0.2) is 0 Å². The Morgan fingerprint density at radius 2 is 1.95 bits per heavy atom. The quantitative estimate of drug-likeness (QED) is 0.799. The number of carboxylic acid groups (broad SMARTS) is 1. The molecule has 0 saturated carbocycles. The summed E-state index contributed by atoms with van der Waals surface area (Å²) in [6.07, 6.45) is 0. The van der Waals surface area contributed by atoms with Gasteiger partial charge in [-0.25, -0.2) is 17.6 Å². The Kier molecular flexibility index (Phi) is 5.02. The molecule has 7 nitrogen and oxygen atoms in total. The van der Waals surface area contributed by atoms with Gasteiger partial charge in [0.05, 0.1) is 17.6 Å². The van der Waals surface area contributed by atoms with E-state index in [0.29, 0.717) is 10.4 Å². The van der Waals surface area contributed by atoms with Crippen molar-refractivity contribution in [3.8, 4) is 0 Å². The molecular formula is C12H14FNO6S. The fraction of sp³-hybridized carbons (Fsp3) is 0.333. The van der Waals surface area contributed by atoms with Crippen LogP contribution in [0.1, 0.15) is 15.9 Å². The number of hydrogen-bond acceptors (Lipinski definition) is 5. The van der Waals surface area contributed by atoms with Gasteiger partial charge in [-0.15, -0.1) is 0 Å². The van der Waals surface area contributed by atoms with E-state index in [-0.39, 0.29) is 5.56 Å². The summed E-state index contributed by atoms with van der Waals surface area (Å²) in [6, 6.07) is 1.72. The first-order valence-electron chi connectivity index (χ1n) is 5.67. The zero-order valence-corrected chi connectivity index (χ0v) is 12.4. The topological polar surface area (TPSA) is 101 Å². The van der Waals surface area contributed by atoms with Gasteiger partial charge in [0.2, 0.25) is 10.0 Å². The molecule has 1 aromatic rings. The highest BCUT2D eigenvalue weighted by Crippen LogP contribution is 2.21. The first-order valence-corrected chi connectivity index (χ1v) is 7.12. The van der Waals surface area contributed by atoms with Crippen molar-refractivity contribution in [3.63, 3.8) is 0 Å². The van der Waals surface area contributed by atoms with Crippen LogP contribution in [0.4, 0.5) is 4.39 Å². The normalized spacial score (nSPS) is 11.5. The summed E-state index contributed by atoms with van der Waals surface area (Å²) in [7, 11) is -1.90. The lowest BCUT2D eigenvalue weighted by molar-refractivity contribution is -0.140. The molecule has 0 aromatic heterocycles. The van der Waals surface area contributed by atoms with Gasteiger partial charge in [0.1, 0.15) is 12.4 Å². The van der Waals surface area contributed by atoms with E-state index in [0.717, 1.165) is 20.2 Å². The molecule has 0 heterocycles. The Morgan fingerprint density at radius 3 is 2.43 bits per heavy atom. The number of ether oxygens (including phenoxy) is 1. The maximum Gasteiger partial charge on any atom is 0.338 e. The summed E-state index contributed by atoms with van der Waals surface area (Å²) in [5, 5.41) is 8.88. The van der Waals surface area contributed by atoms with Crippen LogP contribution >= 0.6 is 0 Å². The minimum Gasteiger partial charge on any atom is -0.478 e. The molecule has 116 valence electrons. The molecule has 0 aliphatic rings. The highest BCUT2D eigenvalue weighted by Gasteiger charge is 2.26. The summed E-state index contributed by atoms with van der Waals surface area (Å²) in [5.74, 6) is -3.36. The van der Waals surface area contributed by atoms with E-state index in [4.69, 9.17) is 5.11 Å². The zero-order valence-electron chi connectivity index (χ0n) is 11.6. The number of halogens is 1. The third kappa shape index (κ3) is 3.56. The molecule has 0 saturated heterocycles. The number of likely N-dealkylation sites (N-methyl/N-ethyl adjacent to an activating group) is 1. The van der Waals surface area contributed by atoms with Gasteiger partial charge in [-0.2, -0.15) is 4.31 Å². The average molecular weight is 319 g/mol. The van der Waals surface area contributed by atoms with Crippen LogP contribution in [0.15, 0.2) is 17.0 Å². The predicted molar refractivity (Wildman–Crippen MR) is 69.9 cm³/mol. The van der Waals surface area contributed by atoms with Crippen molar-refractivity contribution in [2.24, 2.45) is 0 Å². The van der Waals surface area contributed by atoms with Crippen molar-refractivity contribution >= 4 is 22.0 Å². The summed E-state index contributed by atoms with van der Waals surface area (Å²) >= 11 is 0. The molecule has 0 atom stereocenters. The molecule has 0 spiro atoms. The van der Waals surface area contributed by atoms with Crippen molar-refractivity contribution in [3.05, 3.63) is 29.1 Å². The number of carboxylic acids is 1. The molecule has 0 amide bonds. The molecule has 21 heavy (non-hydrogen) atoms. The van der Waals surface area contributed by atoms with Gasteiger partial charge in [0, 0.05) is 7.05 Å². The van der Waals surface area contributed by atoms with Gasteiger partial charge < -0.3 is 9.84 Å². The summed E-state index contributed by atoms with van der Waals surface area (Å²) in [6.45, 7) is 0.707. The Labute approximate surface area is 121 Å². The Hall–Kier alpha value is -2.00. The molecule has 1 aromatic carbocycles. The molecular weight excluding hydrogens is 305 g/mol. The second-order valence-electron chi connectivity index (χ2n) is 4.24. The van der Waals surface area contributed by atoms with Crippen LogP contribution in [0, 0.1) is 12.7 Å². The van der Waals surface area contributed by atoms with Crippen LogP contribution in [0.2, 0.25) is 0 Å². The van der Waals surface area contributed by atoms with Crippen LogP contribution < -0.4 is 0 Å². The maximum absolute atomic E-state index is 13.6. The van der Waals surface area contributed by atoms with Gasteiger partial charge in [0.25, 0.3) is 0 Å². The third-order valence-corrected chi connectivity index (χ3v) is 4.53. The first kappa shape index (κ1) is 17.1. The van der Waals surface area contributed by atoms with Crippen molar-refractivity contribution in [2.45, 2.75) is 11.8 Å². The summed E-state index contributed by atoms with van der Waals surface area (Å²) in [4.78, 5) is 21.6. The number of aryl methyl sites for hydroxylation is 1. The van der Waals surface area contributed by atoms with Crippen LogP contribution in [0.25, 0.3) is 0 Å². The summed E-state index contributed by atoms with van der Waals surface area (Å²) in [5.41, 5.74) is -0.875. The molecule has 1 N–H and O–H groups in total. The van der Waals surface area contributed by atoms with E-state index < -0.39 is 44.8 Å². The van der Waals surface area contributed by atoms with Crippen LogP contribution in [0.3, 0.4) is 0 Å². The lowest BCUT2D eigenvalue weighted by Gasteiger charge is -2.16. The molecule has 0 unspecified atom stereocenters. The molecule has 1 rings (SSSR count). The van der Waals surface area contributed by atoms with Crippen molar-refractivity contribution in [1.29, 1.82) is 0 Å². The Morgan fingerprint density at radius 1 is 1.38 bits per heavy atom. The van der Waals surface area contributed by atoms with E-state index in [2.05, 4.69) is 4.74 Å². The number of benzene rings is 1. The van der Waals surface area contributed by atoms with Gasteiger partial charge in [-0.05, 0) is 24.6 Å². The minimum atomic E-state index is -4.14. The maximum atomic E-state index is 13.6. The second-order valence-corrected chi connectivity index (χ2v) is 6.29. The standard InChI is InChI=1S/C12H14FNO6S/c1-7-4-8(5-9(11(7)13)12(16)17)21(18,19)14(2)6-10(15)20-3/h4-5H,6H2,1-3H3,(H,16,17). The molecule has 0 fully saturated rings. The number of aromatic carboxylic acids is 1. The molecule has 0 bridgehead atoms. The number of esters is 1. The van der Waals surface area contributed by atoms with E-state index in [1.54, 1.807) is 0 Å². The van der Waals surface area contributed by atoms with Crippen LogP contribution in [0.5, 0.6) is 0 Å². The Bertz CT molecular complexity index is 685. The number of carbonyl (C=O) groups is 2. The first-order chi connectivity index (χ1) is 9.61. The number of methoxy groups -OCH3 is 1. The fourth-order valence-corrected chi connectivity index (χ4v) is 2.78. The van der Waals surface area contributed by atoms with E-state index in [1.165, 1.54) is 6.92 Å². The lowest BCUT2D eigenvalue weighted by Crippen LogP contribution is -2.33. The monoisotopic (exact) mass is 319 g/mol. The van der Waals surface area contributed by atoms with Crippen LogP contribution in [-0.2, 0) is 19.6 Å². The lowest BCUT2D eigenvalue weighted by atomic mass is 10.1. The van der Waals surface area contributed by atoms with Gasteiger partial charge in [-0.1, -0.05) is 0 Å². The zero-order chi connectivity index (χ0) is 16.4. The highest BCUT2D eigenvalue weighted by atomic mass is 32.2. The second kappa shape index (κ2) is 6.19. The molecule has 0 aliphatic carbocycles.